The molecule has 0 spiro atoms. The van der Waals surface area contributed by atoms with E-state index in [4.69, 9.17) is 9.47 Å². The van der Waals surface area contributed by atoms with Crippen LogP contribution in [0.4, 0.5) is 5.82 Å². The normalized spacial score (nSPS) is 15.9. The Morgan fingerprint density at radius 3 is 2.38 bits per heavy atom. The van der Waals surface area contributed by atoms with Gasteiger partial charge in [0.15, 0.2) is 0 Å². The minimum Gasteiger partial charge on any atom is -0.497 e. The first-order valence-corrected chi connectivity index (χ1v) is 10.9. The highest BCUT2D eigenvalue weighted by Gasteiger charge is 2.27. The molecule has 9 heteroatoms. The number of aromatic nitrogens is 1. The first-order chi connectivity index (χ1) is 13.8. The van der Waals surface area contributed by atoms with E-state index in [-0.39, 0.29) is 4.90 Å². The maximum atomic E-state index is 12.8. The standard InChI is InChI=1S/C20H28N4O4S/c1-22-9-11-24(12-10-22)29(25,26)18-7-8-20(21-14-18)23(2)15-16-5-6-17(27-3)13-19(16)28-4/h5-8,13-14H,9-12,15H2,1-4H3. The van der Waals surface area contributed by atoms with Gasteiger partial charge in [-0.2, -0.15) is 4.31 Å². The lowest BCUT2D eigenvalue weighted by molar-refractivity contribution is 0.222. The van der Waals surface area contributed by atoms with Crippen molar-refractivity contribution in [3.8, 4) is 11.5 Å². The zero-order valence-electron chi connectivity index (χ0n) is 17.3. The Balaban J connectivity index is 1.73. The minimum atomic E-state index is -3.51. The Hall–Kier alpha value is -2.36. The molecule has 2 heterocycles. The number of ether oxygens (including phenoxy) is 2. The SMILES string of the molecule is COc1ccc(CN(C)c2ccc(S(=O)(=O)N3CCN(C)CC3)cn2)c(OC)c1. The van der Waals surface area contributed by atoms with Crippen molar-refractivity contribution in [2.45, 2.75) is 11.4 Å². The Labute approximate surface area is 172 Å². The molecule has 0 aliphatic carbocycles. The number of hydrogen-bond donors (Lipinski definition) is 0. The van der Waals surface area contributed by atoms with Gasteiger partial charge in [0.2, 0.25) is 10.0 Å². The molecule has 0 saturated carbocycles. The summed E-state index contributed by atoms with van der Waals surface area (Å²) in [7, 11) is 3.62. The van der Waals surface area contributed by atoms with Crippen LogP contribution in [-0.4, -0.2) is 77.1 Å². The molecule has 1 aromatic carbocycles. The number of sulfonamides is 1. The van der Waals surface area contributed by atoms with E-state index in [0.29, 0.717) is 25.5 Å². The molecule has 0 N–H and O–H groups in total. The Morgan fingerprint density at radius 1 is 1.07 bits per heavy atom. The van der Waals surface area contributed by atoms with Gasteiger partial charge >= 0.3 is 0 Å². The average Bonchev–Trinajstić information content (AvgIpc) is 2.74. The number of nitrogens with zero attached hydrogens (tertiary/aromatic N) is 4. The molecule has 1 saturated heterocycles. The second-order valence-corrected chi connectivity index (χ2v) is 9.03. The fourth-order valence-electron chi connectivity index (χ4n) is 3.25. The van der Waals surface area contributed by atoms with Gasteiger partial charge in [0, 0.05) is 57.6 Å². The molecule has 1 aliphatic heterocycles. The fraction of sp³-hybridized carbons (Fsp3) is 0.450. The predicted molar refractivity (Wildman–Crippen MR) is 112 cm³/mol. The lowest BCUT2D eigenvalue weighted by Gasteiger charge is -2.31. The number of anilines is 1. The van der Waals surface area contributed by atoms with Crippen LogP contribution in [0.25, 0.3) is 0 Å². The molecule has 1 aliphatic rings. The van der Waals surface area contributed by atoms with Gasteiger partial charge in [-0.15, -0.1) is 0 Å². The molecular formula is C20H28N4O4S. The van der Waals surface area contributed by atoms with Crippen LogP contribution in [0.5, 0.6) is 11.5 Å². The Morgan fingerprint density at radius 2 is 1.79 bits per heavy atom. The van der Waals surface area contributed by atoms with Gasteiger partial charge in [0.05, 0.1) is 14.2 Å². The van der Waals surface area contributed by atoms with Crippen LogP contribution in [0.3, 0.4) is 0 Å². The number of piperazine rings is 1. The summed E-state index contributed by atoms with van der Waals surface area (Å²) in [5.41, 5.74) is 0.978. The van der Waals surface area contributed by atoms with E-state index in [1.54, 1.807) is 26.4 Å². The molecule has 0 radical (unpaired) electrons. The van der Waals surface area contributed by atoms with Gasteiger partial charge < -0.3 is 19.3 Å². The third kappa shape index (κ3) is 4.80. The van der Waals surface area contributed by atoms with Crippen molar-refractivity contribution < 1.29 is 17.9 Å². The van der Waals surface area contributed by atoms with Crippen molar-refractivity contribution in [3.05, 3.63) is 42.1 Å². The lowest BCUT2D eigenvalue weighted by atomic mass is 10.2. The smallest absolute Gasteiger partial charge is 0.244 e. The zero-order chi connectivity index (χ0) is 21.0. The summed E-state index contributed by atoms with van der Waals surface area (Å²) < 4.78 is 37.9. The maximum Gasteiger partial charge on any atom is 0.244 e. The monoisotopic (exact) mass is 420 g/mol. The number of methoxy groups -OCH3 is 2. The van der Waals surface area contributed by atoms with Gasteiger partial charge in [0.25, 0.3) is 0 Å². The highest BCUT2D eigenvalue weighted by atomic mass is 32.2. The summed E-state index contributed by atoms with van der Waals surface area (Å²) in [5.74, 6) is 2.13. The summed E-state index contributed by atoms with van der Waals surface area (Å²) in [6, 6.07) is 9.02. The minimum absolute atomic E-state index is 0.223. The number of rotatable bonds is 7. The largest absolute Gasteiger partial charge is 0.497 e. The van der Waals surface area contributed by atoms with E-state index in [9.17, 15) is 8.42 Å². The summed E-state index contributed by atoms with van der Waals surface area (Å²) in [6.45, 7) is 3.02. The van der Waals surface area contributed by atoms with E-state index < -0.39 is 10.0 Å². The molecule has 0 amide bonds. The van der Waals surface area contributed by atoms with Crippen molar-refractivity contribution >= 4 is 15.8 Å². The molecule has 1 fully saturated rings. The second-order valence-electron chi connectivity index (χ2n) is 7.09. The number of likely N-dealkylation sites (N-methyl/N-ethyl adjacent to an activating group) is 1. The van der Waals surface area contributed by atoms with Gasteiger partial charge in [0.1, 0.15) is 22.2 Å². The number of benzene rings is 1. The summed E-state index contributed by atoms with van der Waals surface area (Å²) in [5, 5.41) is 0. The molecule has 0 bridgehead atoms. The molecule has 0 unspecified atom stereocenters. The van der Waals surface area contributed by atoms with Crippen LogP contribution in [0.15, 0.2) is 41.4 Å². The highest BCUT2D eigenvalue weighted by Crippen LogP contribution is 2.27. The molecule has 29 heavy (non-hydrogen) atoms. The first-order valence-electron chi connectivity index (χ1n) is 9.42. The van der Waals surface area contributed by atoms with E-state index in [0.717, 1.165) is 30.2 Å². The van der Waals surface area contributed by atoms with Crippen LogP contribution in [0, 0.1) is 0 Å². The summed E-state index contributed by atoms with van der Waals surface area (Å²) >= 11 is 0. The average molecular weight is 421 g/mol. The van der Waals surface area contributed by atoms with E-state index in [2.05, 4.69) is 9.88 Å². The van der Waals surface area contributed by atoms with Crippen LogP contribution in [-0.2, 0) is 16.6 Å². The van der Waals surface area contributed by atoms with Crippen molar-refractivity contribution in [2.24, 2.45) is 0 Å². The zero-order valence-corrected chi connectivity index (χ0v) is 18.1. The van der Waals surface area contributed by atoms with Gasteiger partial charge in [-0.3, -0.25) is 0 Å². The molecule has 1 aromatic heterocycles. The Kier molecular flexibility index (Phi) is 6.61. The number of pyridine rings is 1. The fourth-order valence-corrected chi connectivity index (χ4v) is 4.62. The molecule has 158 valence electrons. The van der Waals surface area contributed by atoms with Gasteiger partial charge in [-0.1, -0.05) is 0 Å². The van der Waals surface area contributed by atoms with Crippen molar-refractivity contribution in [3.63, 3.8) is 0 Å². The van der Waals surface area contributed by atoms with Crippen molar-refractivity contribution in [1.29, 1.82) is 0 Å². The quantitative estimate of drug-likeness (QED) is 0.674. The summed E-state index contributed by atoms with van der Waals surface area (Å²) in [6.07, 6.45) is 1.44. The molecular weight excluding hydrogens is 392 g/mol. The lowest BCUT2D eigenvalue weighted by Crippen LogP contribution is -2.47. The maximum absolute atomic E-state index is 12.8. The third-order valence-electron chi connectivity index (χ3n) is 5.11. The van der Waals surface area contributed by atoms with Crippen LogP contribution in [0.2, 0.25) is 0 Å². The second kappa shape index (κ2) is 8.98. The number of hydrogen-bond acceptors (Lipinski definition) is 7. The Bertz CT molecular complexity index is 926. The first kappa shape index (κ1) is 21.4. The molecule has 8 nitrogen and oxygen atoms in total. The van der Waals surface area contributed by atoms with Gasteiger partial charge in [-0.05, 0) is 31.3 Å². The molecule has 3 rings (SSSR count). The van der Waals surface area contributed by atoms with E-state index in [1.807, 2.05) is 37.2 Å². The topological polar surface area (TPSA) is 75.2 Å². The van der Waals surface area contributed by atoms with E-state index >= 15 is 0 Å². The van der Waals surface area contributed by atoms with E-state index in [1.165, 1.54) is 10.5 Å². The van der Waals surface area contributed by atoms with Crippen molar-refractivity contribution in [1.82, 2.24) is 14.2 Å². The van der Waals surface area contributed by atoms with Crippen LogP contribution < -0.4 is 14.4 Å². The predicted octanol–water partition coefficient (Wildman–Crippen LogP) is 1.67. The summed E-state index contributed by atoms with van der Waals surface area (Å²) in [4.78, 5) is 8.67. The highest BCUT2D eigenvalue weighted by molar-refractivity contribution is 7.89. The van der Waals surface area contributed by atoms with Gasteiger partial charge in [-0.25, -0.2) is 13.4 Å². The molecule has 0 atom stereocenters. The van der Waals surface area contributed by atoms with Crippen LogP contribution >= 0.6 is 0 Å². The molecule has 2 aromatic rings. The van der Waals surface area contributed by atoms with Crippen LogP contribution in [0.1, 0.15) is 5.56 Å². The third-order valence-corrected chi connectivity index (χ3v) is 7.00. The van der Waals surface area contributed by atoms with Crippen molar-refractivity contribution in [2.75, 3.05) is 59.4 Å².